The van der Waals surface area contributed by atoms with Gasteiger partial charge < -0.3 is 9.84 Å². The van der Waals surface area contributed by atoms with Crippen molar-refractivity contribution in [2.75, 3.05) is 0 Å². The topological polar surface area (TPSA) is 80.7 Å². The molecule has 0 saturated carbocycles. The van der Waals surface area contributed by atoms with E-state index in [1.807, 2.05) is 27.7 Å². The molecular weight excluding hydrogens is 308 g/mol. The first-order valence-electron chi connectivity index (χ1n) is 8.12. The third-order valence-electron chi connectivity index (χ3n) is 4.43. The van der Waals surface area contributed by atoms with E-state index in [1.165, 1.54) is 6.92 Å². The van der Waals surface area contributed by atoms with Gasteiger partial charge in [0.25, 0.3) is 0 Å². The first kappa shape index (κ1) is 18.3. The van der Waals surface area contributed by atoms with Gasteiger partial charge in [-0.15, -0.1) is 0 Å². The van der Waals surface area contributed by atoms with E-state index in [9.17, 15) is 19.5 Å². The van der Waals surface area contributed by atoms with Crippen molar-refractivity contribution in [1.82, 2.24) is 0 Å². The number of aliphatic hydroxyl groups is 1. The van der Waals surface area contributed by atoms with Crippen LogP contribution < -0.4 is 0 Å². The predicted octanol–water partition coefficient (Wildman–Crippen LogP) is 2.44. The van der Waals surface area contributed by atoms with Crippen LogP contribution in [0.5, 0.6) is 0 Å². The lowest BCUT2D eigenvalue weighted by Crippen LogP contribution is -2.47. The summed E-state index contributed by atoms with van der Waals surface area (Å²) in [5, 5.41) is 11.2. The number of Topliss-reactive ketones (excluding diaryl/α,β-unsaturated/α-hetero) is 3. The Kier molecular flexibility index (Phi) is 4.95. The van der Waals surface area contributed by atoms with Gasteiger partial charge >= 0.3 is 0 Å². The highest BCUT2D eigenvalue weighted by molar-refractivity contribution is 6.28. The van der Waals surface area contributed by atoms with Crippen LogP contribution in [0.1, 0.15) is 47.5 Å². The Labute approximate surface area is 142 Å². The van der Waals surface area contributed by atoms with E-state index in [0.29, 0.717) is 0 Å². The molecule has 1 aliphatic heterocycles. The Hall–Kier alpha value is -2.01. The van der Waals surface area contributed by atoms with Gasteiger partial charge in [-0.05, 0) is 41.0 Å². The van der Waals surface area contributed by atoms with Gasteiger partial charge in [0.1, 0.15) is 5.57 Å². The van der Waals surface area contributed by atoms with Crippen molar-refractivity contribution in [3.63, 3.8) is 0 Å². The van der Waals surface area contributed by atoms with Crippen molar-refractivity contribution in [1.29, 1.82) is 0 Å². The van der Waals surface area contributed by atoms with Crippen molar-refractivity contribution >= 4 is 17.3 Å². The Balaban J connectivity index is 2.48. The molecule has 130 valence electrons. The molecule has 3 atom stereocenters. The van der Waals surface area contributed by atoms with E-state index in [0.717, 1.165) is 11.1 Å². The van der Waals surface area contributed by atoms with E-state index in [4.69, 9.17) is 4.74 Å². The second-order valence-electron chi connectivity index (χ2n) is 6.94. The Morgan fingerprint density at radius 2 is 1.71 bits per heavy atom. The van der Waals surface area contributed by atoms with Gasteiger partial charge in [0.05, 0.1) is 5.92 Å². The van der Waals surface area contributed by atoms with Gasteiger partial charge in [0.15, 0.2) is 29.0 Å². The molecule has 0 aromatic heterocycles. The van der Waals surface area contributed by atoms with E-state index < -0.39 is 35.0 Å². The zero-order valence-electron chi connectivity index (χ0n) is 14.8. The number of carbonyl (C=O) groups is 3. The largest absolute Gasteiger partial charge is 0.482 e. The van der Waals surface area contributed by atoms with Crippen LogP contribution in [0.4, 0.5) is 0 Å². The second-order valence-corrected chi connectivity index (χ2v) is 6.94. The normalized spacial score (nSPS) is 28.6. The molecule has 2 rings (SSSR count). The summed E-state index contributed by atoms with van der Waals surface area (Å²) in [6.07, 6.45) is 2.82. The number of hydrogen-bond donors (Lipinski definition) is 1. The number of ketones is 3. The molecule has 5 heteroatoms. The molecule has 24 heavy (non-hydrogen) atoms. The van der Waals surface area contributed by atoms with Crippen molar-refractivity contribution in [3.8, 4) is 0 Å². The zero-order chi connectivity index (χ0) is 18.2. The molecular formula is C19H24O5. The zero-order valence-corrected chi connectivity index (χ0v) is 14.8. The number of hydrogen-bond acceptors (Lipinski definition) is 5. The van der Waals surface area contributed by atoms with E-state index in [1.54, 1.807) is 12.2 Å². The summed E-state index contributed by atoms with van der Waals surface area (Å²) in [5.74, 6) is -2.62. The number of carbonyl (C=O) groups excluding carboxylic acids is 3. The number of ether oxygens (including phenoxy) is 1. The number of rotatable bonds is 5. The minimum Gasteiger partial charge on any atom is -0.482 e. The molecule has 0 amide bonds. The maximum atomic E-state index is 12.7. The van der Waals surface area contributed by atoms with Gasteiger partial charge in [-0.3, -0.25) is 14.4 Å². The molecule has 0 aromatic carbocycles. The average molecular weight is 332 g/mol. The minimum atomic E-state index is -2.06. The van der Waals surface area contributed by atoms with Gasteiger partial charge in [-0.25, -0.2) is 0 Å². The van der Waals surface area contributed by atoms with Crippen LogP contribution in [0.3, 0.4) is 0 Å². The SMILES string of the molecule is CC(C)=CCC(=O)[C@]1(O)C2=C(C(=O)C(C)O2)C(=O)C1CC=C(C)C. The van der Waals surface area contributed by atoms with Crippen LogP contribution in [0.2, 0.25) is 0 Å². The van der Waals surface area contributed by atoms with E-state index in [2.05, 4.69) is 0 Å². The van der Waals surface area contributed by atoms with Crippen LogP contribution in [0, 0.1) is 5.92 Å². The lowest BCUT2D eigenvalue weighted by Gasteiger charge is -2.30. The molecule has 2 aliphatic rings. The maximum Gasteiger partial charge on any atom is 0.210 e. The summed E-state index contributed by atoms with van der Waals surface area (Å²) in [4.78, 5) is 37.6. The summed E-state index contributed by atoms with van der Waals surface area (Å²) in [6, 6.07) is 0. The van der Waals surface area contributed by atoms with Gasteiger partial charge in [-0.2, -0.15) is 0 Å². The van der Waals surface area contributed by atoms with Gasteiger partial charge in [-0.1, -0.05) is 23.3 Å². The van der Waals surface area contributed by atoms with E-state index >= 15 is 0 Å². The van der Waals surface area contributed by atoms with Crippen molar-refractivity contribution < 1.29 is 24.2 Å². The lowest BCUT2D eigenvalue weighted by atomic mass is 9.80. The summed E-state index contributed by atoms with van der Waals surface area (Å²) in [5.41, 5.74) is -0.300. The van der Waals surface area contributed by atoms with Crippen molar-refractivity contribution in [2.24, 2.45) is 5.92 Å². The highest BCUT2D eigenvalue weighted by Gasteiger charge is 2.62. The summed E-state index contributed by atoms with van der Waals surface area (Å²) in [7, 11) is 0. The molecule has 1 N–H and O–H groups in total. The molecule has 2 unspecified atom stereocenters. The fourth-order valence-corrected chi connectivity index (χ4v) is 3.04. The highest BCUT2D eigenvalue weighted by atomic mass is 16.5. The average Bonchev–Trinajstić information content (AvgIpc) is 2.90. The summed E-state index contributed by atoms with van der Waals surface area (Å²) >= 11 is 0. The van der Waals surface area contributed by atoms with Crippen LogP contribution in [0.25, 0.3) is 0 Å². The quantitative estimate of drug-likeness (QED) is 0.618. The van der Waals surface area contributed by atoms with Crippen molar-refractivity contribution in [3.05, 3.63) is 34.6 Å². The molecule has 0 saturated heterocycles. The smallest absolute Gasteiger partial charge is 0.210 e. The van der Waals surface area contributed by atoms with Crippen LogP contribution in [0.15, 0.2) is 34.6 Å². The molecule has 5 nitrogen and oxygen atoms in total. The standard InChI is InChI=1S/C19H24O5/c1-10(2)6-8-13-17(22)15-16(21)12(5)24-18(15)19(13,23)14(20)9-7-11(3)4/h6-7,12-13,23H,8-9H2,1-5H3/t12?,13?,19-/m0/s1. The Morgan fingerprint density at radius 1 is 1.12 bits per heavy atom. The molecule has 0 aromatic rings. The third kappa shape index (κ3) is 2.88. The first-order valence-corrected chi connectivity index (χ1v) is 8.12. The van der Waals surface area contributed by atoms with Crippen LogP contribution in [-0.4, -0.2) is 34.2 Å². The molecule has 0 radical (unpaired) electrons. The minimum absolute atomic E-state index is 0.0137. The third-order valence-corrected chi connectivity index (χ3v) is 4.43. The Bertz CT molecular complexity index is 687. The fourth-order valence-electron chi connectivity index (χ4n) is 3.04. The van der Waals surface area contributed by atoms with Crippen molar-refractivity contribution in [2.45, 2.75) is 59.2 Å². The molecule has 0 fully saturated rings. The number of allylic oxidation sites excluding steroid dienone is 4. The lowest BCUT2D eigenvalue weighted by molar-refractivity contribution is -0.147. The van der Waals surface area contributed by atoms with Gasteiger partial charge in [0.2, 0.25) is 5.78 Å². The Morgan fingerprint density at radius 3 is 2.25 bits per heavy atom. The van der Waals surface area contributed by atoms with Gasteiger partial charge in [0, 0.05) is 6.42 Å². The van der Waals surface area contributed by atoms with Crippen LogP contribution in [-0.2, 0) is 19.1 Å². The highest BCUT2D eigenvalue weighted by Crippen LogP contribution is 2.46. The first-order chi connectivity index (χ1) is 11.1. The predicted molar refractivity (Wildman–Crippen MR) is 89.1 cm³/mol. The second kappa shape index (κ2) is 6.48. The molecule has 1 aliphatic carbocycles. The summed E-state index contributed by atoms with van der Waals surface area (Å²) < 4.78 is 5.45. The van der Waals surface area contributed by atoms with E-state index in [-0.39, 0.29) is 24.2 Å². The summed E-state index contributed by atoms with van der Waals surface area (Å²) in [6.45, 7) is 8.95. The molecule has 0 bridgehead atoms. The maximum absolute atomic E-state index is 12.7. The fraction of sp³-hybridized carbons (Fsp3) is 0.526. The molecule has 1 heterocycles. The van der Waals surface area contributed by atoms with Crippen LogP contribution >= 0.6 is 0 Å². The molecule has 0 spiro atoms. The monoisotopic (exact) mass is 332 g/mol.